The predicted octanol–water partition coefficient (Wildman–Crippen LogP) is 2.64. The van der Waals surface area contributed by atoms with E-state index in [-0.39, 0.29) is 5.75 Å². The molecule has 1 aromatic carbocycles. The van der Waals surface area contributed by atoms with E-state index in [0.717, 1.165) is 12.1 Å². The van der Waals surface area contributed by atoms with E-state index in [4.69, 9.17) is 9.47 Å². The fourth-order valence-corrected chi connectivity index (χ4v) is 1.78. The lowest BCUT2D eigenvalue weighted by Gasteiger charge is -2.19. The van der Waals surface area contributed by atoms with Crippen molar-refractivity contribution in [3.05, 3.63) is 24.3 Å². The van der Waals surface area contributed by atoms with Gasteiger partial charge in [-0.1, -0.05) is 12.1 Å². The highest BCUT2D eigenvalue weighted by Gasteiger charge is 2.48. The Hall–Kier alpha value is -1.97. The third-order valence-corrected chi connectivity index (χ3v) is 3.06. The lowest BCUT2D eigenvalue weighted by molar-refractivity contribution is -0.157. The quantitative estimate of drug-likeness (QED) is 0.458. The van der Waals surface area contributed by atoms with E-state index in [1.54, 1.807) is 20.8 Å². The van der Waals surface area contributed by atoms with Crippen LogP contribution >= 0.6 is 0 Å². The molecule has 1 rings (SSSR count). The summed E-state index contributed by atoms with van der Waals surface area (Å²) < 4.78 is 72.9. The van der Waals surface area contributed by atoms with Gasteiger partial charge < -0.3 is 13.7 Å². The molecule has 0 aliphatic carbocycles. The zero-order chi connectivity index (χ0) is 17.9. The molecule has 0 aromatic heterocycles. The number of esters is 1. The normalized spacial score (nSPS) is 12.6. The molecule has 0 amide bonds. The molecule has 0 N–H and O–H groups in total. The summed E-state index contributed by atoms with van der Waals surface area (Å²) in [6.07, 6.45) is 0. The number of hydrogen-bond donors (Lipinski definition) is 0. The van der Waals surface area contributed by atoms with Gasteiger partial charge in [-0.05, 0) is 32.9 Å². The van der Waals surface area contributed by atoms with Crippen molar-refractivity contribution in [2.45, 2.75) is 31.9 Å². The van der Waals surface area contributed by atoms with Crippen molar-refractivity contribution in [1.29, 1.82) is 0 Å². The molecular formula is C13H15F3O6S. The molecule has 0 bridgehead atoms. The first-order valence-corrected chi connectivity index (χ1v) is 7.67. The van der Waals surface area contributed by atoms with Crippen LogP contribution in [0.15, 0.2) is 24.3 Å². The highest BCUT2D eigenvalue weighted by atomic mass is 32.2. The van der Waals surface area contributed by atoms with E-state index in [1.165, 1.54) is 12.1 Å². The monoisotopic (exact) mass is 356 g/mol. The molecule has 0 aliphatic rings. The number of carbonyl (C=O) groups excluding carboxylic acids is 1. The average molecular weight is 356 g/mol. The topological polar surface area (TPSA) is 78.9 Å². The van der Waals surface area contributed by atoms with Crippen molar-refractivity contribution in [3.8, 4) is 11.5 Å². The average Bonchev–Trinajstić information content (AvgIpc) is 2.34. The molecule has 6 nitrogen and oxygen atoms in total. The fraction of sp³-hybridized carbons (Fsp3) is 0.462. The Morgan fingerprint density at radius 1 is 1.09 bits per heavy atom. The second kappa shape index (κ2) is 6.65. The van der Waals surface area contributed by atoms with Crippen LogP contribution in [0.4, 0.5) is 13.2 Å². The Kier molecular flexibility index (Phi) is 5.51. The van der Waals surface area contributed by atoms with Gasteiger partial charge in [-0.15, -0.1) is 0 Å². The van der Waals surface area contributed by atoms with Crippen molar-refractivity contribution in [2.75, 3.05) is 6.61 Å². The van der Waals surface area contributed by atoms with Crippen molar-refractivity contribution < 1.29 is 40.0 Å². The van der Waals surface area contributed by atoms with Crippen LogP contribution in [-0.4, -0.2) is 32.1 Å². The van der Waals surface area contributed by atoms with Gasteiger partial charge in [0.15, 0.2) is 18.1 Å². The van der Waals surface area contributed by atoms with Gasteiger partial charge in [-0.25, -0.2) is 4.79 Å². The highest BCUT2D eigenvalue weighted by molar-refractivity contribution is 7.88. The van der Waals surface area contributed by atoms with E-state index < -0.39 is 39.6 Å². The van der Waals surface area contributed by atoms with Gasteiger partial charge in [0.05, 0.1) is 0 Å². The van der Waals surface area contributed by atoms with Crippen LogP contribution in [0.5, 0.6) is 11.5 Å². The lowest BCUT2D eigenvalue weighted by atomic mass is 10.2. The molecule has 10 heteroatoms. The Balaban J connectivity index is 2.85. The zero-order valence-electron chi connectivity index (χ0n) is 12.5. The van der Waals surface area contributed by atoms with Crippen LogP contribution in [0, 0.1) is 0 Å². The Morgan fingerprint density at radius 3 is 2.09 bits per heavy atom. The highest BCUT2D eigenvalue weighted by Crippen LogP contribution is 2.32. The summed E-state index contributed by atoms with van der Waals surface area (Å²) in [4.78, 5) is 11.5. The van der Waals surface area contributed by atoms with Crippen LogP contribution in [0.25, 0.3) is 0 Å². The van der Waals surface area contributed by atoms with E-state index in [9.17, 15) is 26.4 Å². The first-order valence-electron chi connectivity index (χ1n) is 6.26. The molecule has 0 fully saturated rings. The van der Waals surface area contributed by atoms with Crippen molar-refractivity contribution >= 4 is 16.1 Å². The molecule has 0 saturated heterocycles. The van der Waals surface area contributed by atoms with E-state index >= 15 is 0 Å². The summed E-state index contributed by atoms with van der Waals surface area (Å²) >= 11 is 0. The molecule has 0 saturated carbocycles. The molecule has 0 radical (unpaired) electrons. The van der Waals surface area contributed by atoms with Gasteiger partial charge in [0.2, 0.25) is 0 Å². The smallest absolute Gasteiger partial charge is 0.478 e. The summed E-state index contributed by atoms with van der Waals surface area (Å²) in [5.41, 5.74) is -6.35. The minimum absolute atomic E-state index is 0.341. The maximum Gasteiger partial charge on any atom is 0.534 e. The van der Waals surface area contributed by atoms with Crippen LogP contribution in [0.3, 0.4) is 0 Å². The minimum atomic E-state index is -5.84. The molecular weight excluding hydrogens is 341 g/mol. The van der Waals surface area contributed by atoms with Gasteiger partial charge in [0.25, 0.3) is 0 Å². The molecule has 130 valence electrons. The molecule has 0 spiro atoms. The Bertz CT molecular complexity index is 661. The second-order valence-corrected chi connectivity index (χ2v) is 6.84. The number of carbonyl (C=O) groups is 1. The molecule has 0 atom stereocenters. The standard InChI is InChI=1S/C13H15F3O6S/c1-12(2,3)21-11(17)8-20-9-6-4-5-7-10(9)22-23(18,19)13(14,15)16/h4-7H,8H2,1-3H3. The zero-order valence-corrected chi connectivity index (χ0v) is 13.3. The van der Waals surface area contributed by atoms with Gasteiger partial charge in [0.1, 0.15) is 5.60 Å². The van der Waals surface area contributed by atoms with Crippen LogP contribution in [0.1, 0.15) is 20.8 Å². The maximum atomic E-state index is 12.3. The molecule has 1 aromatic rings. The summed E-state index contributed by atoms with van der Waals surface area (Å²) in [5.74, 6) is -1.80. The summed E-state index contributed by atoms with van der Waals surface area (Å²) in [5, 5.41) is 0. The second-order valence-electron chi connectivity index (χ2n) is 5.31. The third kappa shape index (κ3) is 5.97. The van der Waals surface area contributed by atoms with Gasteiger partial charge in [0, 0.05) is 0 Å². The van der Waals surface area contributed by atoms with Gasteiger partial charge in [-0.2, -0.15) is 21.6 Å². The minimum Gasteiger partial charge on any atom is -0.478 e. The summed E-state index contributed by atoms with van der Waals surface area (Å²) in [6, 6.07) is 4.75. The lowest BCUT2D eigenvalue weighted by Crippen LogP contribution is -2.29. The van der Waals surface area contributed by atoms with Crippen molar-refractivity contribution in [1.82, 2.24) is 0 Å². The number of rotatable bonds is 5. The number of halogens is 3. The molecule has 0 unspecified atom stereocenters. The number of alkyl halides is 3. The molecule has 0 aliphatic heterocycles. The van der Waals surface area contributed by atoms with E-state index in [1.807, 2.05) is 0 Å². The van der Waals surface area contributed by atoms with Crippen molar-refractivity contribution in [2.24, 2.45) is 0 Å². The SMILES string of the molecule is CC(C)(C)OC(=O)COc1ccccc1OS(=O)(=O)C(F)(F)F. The van der Waals surface area contributed by atoms with Crippen LogP contribution in [-0.2, 0) is 19.6 Å². The molecule has 0 heterocycles. The Morgan fingerprint density at radius 2 is 1.61 bits per heavy atom. The van der Waals surface area contributed by atoms with E-state index in [2.05, 4.69) is 4.18 Å². The van der Waals surface area contributed by atoms with Crippen molar-refractivity contribution in [3.63, 3.8) is 0 Å². The number of para-hydroxylation sites is 2. The first-order chi connectivity index (χ1) is 10.3. The Labute approximate surface area is 131 Å². The number of benzene rings is 1. The summed E-state index contributed by atoms with van der Waals surface area (Å²) in [7, 11) is -5.84. The fourth-order valence-electron chi connectivity index (χ4n) is 1.31. The van der Waals surface area contributed by atoms with Gasteiger partial charge in [-0.3, -0.25) is 0 Å². The third-order valence-electron chi connectivity index (χ3n) is 2.10. The maximum absolute atomic E-state index is 12.3. The number of ether oxygens (including phenoxy) is 2. The largest absolute Gasteiger partial charge is 0.534 e. The predicted molar refractivity (Wildman–Crippen MR) is 73.4 cm³/mol. The number of hydrogen-bond acceptors (Lipinski definition) is 6. The van der Waals surface area contributed by atoms with Crippen LogP contribution in [0.2, 0.25) is 0 Å². The van der Waals surface area contributed by atoms with E-state index in [0.29, 0.717) is 0 Å². The summed E-state index contributed by atoms with van der Waals surface area (Å²) in [6.45, 7) is 4.25. The first kappa shape index (κ1) is 19.1. The molecule has 23 heavy (non-hydrogen) atoms. The van der Waals surface area contributed by atoms with Crippen LogP contribution < -0.4 is 8.92 Å². The van der Waals surface area contributed by atoms with Gasteiger partial charge >= 0.3 is 21.6 Å².